The second-order valence-corrected chi connectivity index (χ2v) is 4.39. The molecule has 0 radical (unpaired) electrons. The van der Waals surface area contributed by atoms with Crippen molar-refractivity contribution in [3.8, 4) is 0 Å². The van der Waals surface area contributed by atoms with E-state index in [1.165, 1.54) is 0 Å². The Labute approximate surface area is 126 Å². The van der Waals surface area contributed by atoms with Gasteiger partial charge in [0.05, 0.1) is 5.41 Å². The van der Waals surface area contributed by atoms with Crippen molar-refractivity contribution in [2.45, 2.75) is 62.1 Å². The van der Waals surface area contributed by atoms with Crippen LogP contribution in [0.25, 0.3) is 0 Å². The highest BCUT2D eigenvalue weighted by molar-refractivity contribution is 5.75. The lowest BCUT2D eigenvalue weighted by Crippen LogP contribution is -2.27. The number of rotatable bonds is 6. The fraction of sp³-hybridized carbons (Fsp3) is 0.857. The van der Waals surface area contributed by atoms with Gasteiger partial charge in [-0.2, -0.15) is 13.2 Å². The van der Waals surface area contributed by atoms with Crippen molar-refractivity contribution in [2.75, 3.05) is 13.2 Å². The van der Waals surface area contributed by atoms with Gasteiger partial charge >= 0.3 is 18.1 Å². The Balaban J connectivity index is -0.000000482. The van der Waals surface area contributed by atoms with Gasteiger partial charge in [0.1, 0.15) is 19.6 Å². The van der Waals surface area contributed by atoms with Crippen molar-refractivity contribution in [1.82, 2.24) is 0 Å². The van der Waals surface area contributed by atoms with E-state index in [-0.39, 0.29) is 35.5 Å². The molecule has 0 aromatic rings. The molecule has 0 saturated heterocycles. The van der Waals surface area contributed by atoms with E-state index < -0.39 is 30.0 Å². The van der Waals surface area contributed by atoms with E-state index in [1.807, 2.05) is 6.92 Å². The standard InChI is InChI=1S/C11H17F3O4.3CH4/c1-4-10(2,3)9(16)18-6-5-17-8(15)7-11(12,13)14;;;/h4-7H2,1-3H3;3*1H4. The molecule has 4 nitrogen and oxygen atoms in total. The molecule has 0 aromatic heterocycles. The molecule has 0 aliphatic heterocycles. The number of halogens is 3. The molecule has 21 heavy (non-hydrogen) atoms. The maximum atomic E-state index is 11.8. The first kappa shape index (κ1) is 28.0. The zero-order chi connectivity index (χ0) is 14.4. The summed E-state index contributed by atoms with van der Waals surface area (Å²) in [5.41, 5.74) is -0.657. The molecule has 0 heterocycles. The first-order valence-electron chi connectivity index (χ1n) is 5.48. The summed E-state index contributed by atoms with van der Waals surface area (Å²) in [7, 11) is 0. The summed E-state index contributed by atoms with van der Waals surface area (Å²) in [4.78, 5) is 22.1. The van der Waals surface area contributed by atoms with Crippen LogP contribution in [-0.4, -0.2) is 31.3 Å². The number of alkyl halides is 3. The molecule has 0 aliphatic carbocycles. The van der Waals surface area contributed by atoms with Crippen LogP contribution < -0.4 is 0 Å². The Kier molecular flexibility index (Phi) is 15.2. The number of ether oxygens (including phenoxy) is 2. The summed E-state index contributed by atoms with van der Waals surface area (Å²) in [6.45, 7) is 4.56. The third kappa shape index (κ3) is 13.5. The van der Waals surface area contributed by atoms with Crippen molar-refractivity contribution in [2.24, 2.45) is 5.41 Å². The molecule has 0 amide bonds. The molecular weight excluding hydrogens is 289 g/mol. The number of hydrogen-bond donors (Lipinski definition) is 0. The lowest BCUT2D eigenvalue weighted by atomic mass is 9.91. The third-order valence-corrected chi connectivity index (χ3v) is 2.36. The highest BCUT2D eigenvalue weighted by Gasteiger charge is 2.32. The lowest BCUT2D eigenvalue weighted by molar-refractivity contribution is -0.174. The van der Waals surface area contributed by atoms with Crippen molar-refractivity contribution in [1.29, 1.82) is 0 Å². The number of esters is 2. The van der Waals surface area contributed by atoms with Gasteiger partial charge in [-0.25, -0.2) is 0 Å². The van der Waals surface area contributed by atoms with Crippen LogP contribution >= 0.6 is 0 Å². The Morgan fingerprint density at radius 1 is 0.952 bits per heavy atom. The van der Waals surface area contributed by atoms with E-state index in [9.17, 15) is 22.8 Å². The molecule has 0 rings (SSSR count). The van der Waals surface area contributed by atoms with E-state index in [4.69, 9.17) is 4.74 Å². The van der Waals surface area contributed by atoms with Crippen LogP contribution in [0.2, 0.25) is 0 Å². The fourth-order valence-electron chi connectivity index (χ4n) is 0.844. The highest BCUT2D eigenvalue weighted by Crippen LogP contribution is 2.21. The van der Waals surface area contributed by atoms with Gasteiger partial charge in [0.15, 0.2) is 0 Å². The Morgan fingerprint density at radius 3 is 1.76 bits per heavy atom. The second-order valence-electron chi connectivity index (χ2n) is 4.39. The van der Waals surface area contributed by atoms with Crippen LogP contribution in [0.15, 0.2) is 0 Å². The van der Waals surface area contributed by atoms with E-state index in [1.54, 1.807) is 13.8 Å². The van der Waals surface area contributed by atoms with Gasteiger partial charge in [0.25, 0.3) is 0 Å². The lowest BCUT2D eigenvalue weighted by Gasteiger charge is -2.20. The summed E-state index contributed by atoms with van der Waals surface area (Å²) in [6.07, 6.45) is -5.65. The fourth-order valence-corrected chi connectivity index (χ4v) is 0.844. The Bertz CT molecular complexity index is 299. The van der Waals surface area contributed by atoms with Crippen LogP contribution in [-0.2, 0) is 19.1 Å². The monoisotopic (exact) mass is 318 g/mol. The van der Waals surface area contributed by atoms with E-state index in [0.717, 1.165) is 0 Å². The molecule has 7 heteroatoms. The summed E-state index contributed by atoms with van der Waals surface area (Å²) in [5.74, 6) is -1.86. The molecule has 0 saturated carbocycles. The molecule has 0 N–H and O–H groups in total. The topological polar surface area (TPSA) is 52.6 Å². The maximum absolute atomic E-state index is 11.8. The van der Waals surface area contributed by atoms with Gasteiger partial charge in [0.2, 0.25) is 0 Å². The van der Waals surface area contributed by atoms with Gasteiger partial charge in [-0.1, -0.05) is 29.2 Å². The van der Waals surface area contributed by atoms with Crippen LogP contribution in [0.4, 0.5) is 13.2 Å². The minimum Gasteiger partial charge on any atom is -0.462 e. The Hall–Kier alpha value is -1.27. The van der Waals surface area contributed by atoms with Crippen LogP contribution in [0.1, 0.15) is 55.9 Å². The molecule has 0 spiro atoms. The molecule has 0 atom stereocenters. The average Bonchev–Trinajstić information content (AvgIpc) is 2.21. The van der Waals surface area contributed by atoms with Crippen molar-refractivity contribution < 1.29 is 32.2 Å². The molecule has 0 aliphatic rings. The average molecular weight is 318 g/mol. The van der Waals surface area contributed by atoms with E-state index in [0.29, 0.717) is 6.42 Å². The summed E-state index contributed by atoms with van der Waals surface area (Å²) < 4.78 is 44.3. The number of hydrogen-bond acceptors (Lipinski definition) is 4. The summed E-state index contributed by atoms with van der Waals surface area (Å²) in [6, 6.07) is 0. The van der Waals surface area contributed by atoms with Gasteiger partial charge in [-0.3, -0.25) is 9.59 Å². The van der Waals surface area contributed by atoms with Gasteiger partial charge < -0.3 is 9.47 Å². The quantitative estimate of drug-likeness (QED) is 0.539. The molecule has 0 fully saturated rings. The SMILES string of the molecule is C.C.C.CCC(C)(C)C(=O)OCCOC(=O)CC(F)(F)F. The first-order valence-corrected chi connectivity index (χ1v) is 5.48. The third-order valence-electron chi connectivity index (χ3n) is 2.36. The predicted molar refractivity (Wildman–Crippen MR) is 76.9 cm³/mol. The normalized spacial score (nSPS) is 10.4. The first-order chi connectivity index (χ1) is 8.08. The number of carbonyl (C=O) groups is 2. The summed E-state index contributed by atoms with van der Waals surface area (Å²) >= 11 is 0. The smallest absolute Gasteiger partial charge is 0.399 e. The van der Waals surface area contributed by atoms with Crippen LogP contribution in [0.3, 0.4) is 0 Å². The van der Waals surface area contributed by atoms with E-state index >= 15 is 0 Å². The van der Waals surface area contributed by atoms with Crippen molar-refractivity contribution in [3.63, 3.8) is 0 Å². The largest absolute Gasteiger partial charge is 0.462 e. The Morgan fingerprint density at radius 2 is 1.38 bits per heavy atom. The molecule has 0 aromatic carbocycles. The van der Waals surface area contributed by atoms with Gasteiger partial charge in [0, 0.05) is 0 Å². The minimum atomic E-state index is -4.59. The molecule has 0 bridgehead atoms. The van der Waals surface area contributed by atoms with Crippen molar-refractivity contribution >= 4 is 11.9 Å². The van der Waals surface area contributed by atoms with Gasteiger partial charge in [-0.15, -0.1) is 0 Å². The molecule has 130 valence electrons. The molecule has 0 unspecified atom stereocenters. The maximum Gasteiger partial charge on any atom is 0.399 e. The minimum absolute atomic E-state index is 0. The second kappa shape index (κ2) is 11.4. The highest BCUT2D eigenvalue weighted by atomic mass is 19.4. The summed E-state index contributed by atoms with van der Waals surface area (Å²) in [5, 5.41) is 0. The molecular formula is C14H29F3O4. The van der Waals surface area contributed by atoms with Gasteiger partial charge in [-0.05, 0) is 20.3 Å². The zero-order valence-corrected chi connectivity index (χ0v) is 10.6. The zero-order valence-electron chi connectivity index (χ0n) is 10.6. The number of carbonyl (C=O) groups excluding carboxylic acids is 2. The van der Waals surface area contributed by atoms with Crippen LogP contribution in [0.5, 0.6) is 0 Å². The predicted octanol–water partition coefficient (Wildman–Crippen LogP) is 4.37. The van der Waals surface area contributed by atoms with Crippen molar-refractivity contribution in [3.05, 3.63) is 0 Å². The van der Waals surface area contributed by atoms with Crippen LogP contribution in [0, 0.1) is 5.41 Å². The van der Waals surface area contributed by atoms with E-state index in [2.05, 4.69) is 4.74 Å².